The lowest BCUT2D eigenvalue weighted by Crippen LogP contribution is -2.49. The van der Waals surface area contributed by atoms with Gasteiger partial charge >= 0.3 is 16.1 Å². The van der Waals surface area contributed by atoms with Gasteiger partial charge in [-0.1, -0.05) is 30.3 Å². The van der Waals surface area contributed by atoms with Crippen molar-refractivity contribution in [3.8, 4) is 0 Å². The molecule has 100 valence electrons. The van der Waals surface area contributed by atoms with E-state index < -0.39 is 21.9 Å². The van der Waals surface area contributed by atoms with Crippen molar-refractivity contribution in [1.82, 2.24) is 15.1 Å². The first kappa shape index (κ1) is 13.3. The summed E-state index contributed by atoms with van der Waals surface area (Å²) in [5, 5.41) is 7.26. The number of aromatic nitrogens is 4. The molecule has 0 aliphatic rings. The summed E-state index contributed by atoms with van der Waals surface area (Å²) >= 11 is 0. The highest BCUT2D eigenvalue weighted by Crippen LogP contribution is 2.04. The van der Waals surface area contributed by atoms with Crippen LogP contribution < -0.4 is 4.09 Å². The number of nitrogens with zero attached hydrogens (tertiary/aromatic N) is 4. The molecule has 8 nitrogen and oxygen atoms in total. The highest BCUT2D eigenvalue weighted by atomic mass is 32.2. The third-order valence-electron chi connectivity index (χ3n) is 2.32. The van der Waals surface area contributed by atoms with E-state index in [1.165, 1.54) is 12.1 Å². The van der Waals surface area contributed by atoms with Crippen LogP contribution in [-0.4, -0.2) is 33.9 Å². The summed E-state index contributed by atoms with van der Waals surface area (Å²) < 4.78 is 31.6. The summed E-state index contributed by atoms with van der Waals surface area (Å²) in [6.07, 6.45) is 0. The fraction of sp³-hybridized carbons (Fsp3) is 0.200. The fourth-order valence-corrected chi connectivity index (χ4v) is 1.96. The minimum absolute atomic E-state index is 0.214. The number of carbonyl (C=O) groups excluding carboxylic acids is 1. The smallest absolute Gasteiger partial charge is 0.281 e. The number of ketones is 1. The van der Waals surface area contributed by atoms with Gasteiger partial charge in [-0.05, 0) is 11.7 Å². The number of benzene rings is 1. The third kappa shape index (κ3) is 2.66. The van der Waals surface area contributed by atoms with Crippen LogP contribution in [0.2, 0.25) is 0 Å². The monoisotopic (exact) mass is 283 g/mol. The first-order valence-corrected chi connectivity index (χ1v) is 6.78. The highest BCUT2D eigenvalue weighted by molar-refractivity contribution is 7.79. The van der Waals surface area contributed by atoms with Crippen LogP contribution in [0.25, 0.3) is 0 Å². The summed E-state index contributed by atoms with van der Waals surface area (Å²) in [6.45, 7) is 1.93. The number of aryl methyl sites for hydroxylation is 1. The molecule has 0 radical (unpaired) electrons. The van der Waals surface area contributed by atoms with E-state index in [9.17, 15) is 13.2 Å². The molecule has 9 heteroatoms. The number of rotatable bonds is 4. The molecule has 0 aliphatic carbocycles. The second-order valence-corrected chi connectivity index (χ2v) is 4.86. The molecule has 0 saturated carbocycles. The van der Waals surface area contributed by atoms with Crippen molar-refractivity contribution in [2.75, 3.05) is 0 Å². The first-order chi connectivity index (χ1) is 8.93. The molecule has 0 amide bonds. The van der Waals surface area contributed by atoms with Gasteiger partial charge in [0, 0.05) is 9.65 Å². The molecule has 1 aromatic heterocycles. The standard InChI is InChI=1S/C10H10N4O4S/c1-2-13-11-10(14(12-13)19(16,17)18)9(15)8-6-4-3-5-7-8/h3-7H,2H2,1H3/p+1. The van der Waals surface area contributed by atoms with Gasteiger partial charge in [0.25, 0.3) is 5.78 Å². The van der Waals surface area contributed by atoms with Crippen molar-refractivity contribution in [2.45, 2.75) is 13.5 Å². The largest absolute Gasteiger partial charge is 0.436 e. The van der Waals surface area contributed by atoms with Crippen LogP contribution in [0.15, 0.2) is 30.3 Å². The number of hydrogen-bond donors (Lipinski definition) is 1. The van der Waals surface area contributed by atoms with Gasteiger partial charge in [-0.3, -0.25) is 9.35 Å². The van der Waals surface area contributed by atoms with Crippen LogP contribution in [0, 0.1) is 0 Å². The number of tetrazole rings is 1. The predicted octanol–water partition coefficient (Wildman–Crippen LogP) is -0.533. The van der Waals surface area contributed by atoms with Gasteiger partial charge in [0.15, 0.2) is 0 Å². The lowest BCUT2D eigenvalue weighted by Gasteiger charge is -1.94. The normalized spacial score (nSPS) is 11.5. The second-order valence-electron chi connectivity index (χ2n) is 3.62. The zero-order valence-corrected chi connectivity index (χ0v) is 10.8. The molecule has 1 heterocycles. The summed E-state index contributed by atoms with van der Waals surface area (Å²) in [5.41, 5.74) is 0.253. The summed E-state index contributed by atoms with van der Waals surface area (Å²) in [4.78, 5) is 13.1. The van der Waals surface area contributed by atoms with Gasteiger partial charge in [-0.25, -0.2) is 0 Å². The molecule has 0 unspecified atom stereocenters. The van der Waals surface area contributed by atoms with Crippen LogP contribution >= 0.6 is 0 Å². The maximum Gasteiger partial charge on any atom is 0.436 e. The van der Waals surface area contributed by atoms with Gasteiger partial charge in [0.2, 0.25) is 0 Å². The summed E-state index contributed by atoms with van der Waals surface area (Å²) in [7, 11) is -4.67. The minimum Gasteiger partial charge on any atom is -0.281 e. The van der Waals surface area contributed by atoms with E-state index in [0.717, 1.165) is 4.80 Å². The molecule has 0 fully saturated rings. The molecule has 2 aromatic rings. The van der Waals surface area contributed by atoms with Crippen molar-refractivity contribution < 1.29 is 21.9 Å². The molecule has 0 bridgehead atoms. The van der Waals surface area contributed by atoms with E-state index >= 15 is 0 Å². The van der Waals surface area contributed by atoms with Gasteiger partial charge in [0.05, 0.1) is 10.3 Å². The fourth-order valence-electron chi connectivity index (χ4n) is 1.44. The zero-order chi connectivity index (χ0) is 14.0. The second kappa shape index (κ2) is 4.86. The van der Waals surface area contributed by atoms with E-state index in [-0.39, 0.29) is 16.2 Å². The average molecular weight is 283 g/mol. The van der Waals surface area contributed by atoms with Crippen LogP contribution in [0.1, 0.15) is 23.1 Å². The molecule has 0 spiro atoms. The molecule has 0 saturated heterocycles. The molecule has 2 rings (SSSR count). The Morgan fingerprint density at radius 2 is 2.00 bits per heavy atom. The van der Waals surface area contributed by atoms with Gasteiger partial charge < -0.3 is 0 Å². The van der Waals surface area contributed by atoms with E-state index in [1.807, 2.05) is 0 Å². The molecule has 19 heavy (non-hydrogen) atoms. The lowest BCUT2D eigenvalue weighted by molar-refractivity contribution is -0.592. The van der Waals surface area contributed by atoms with Crippen LogP contribution in [0.4, 0.5) is 0 Å². The predicted molar refractivity (Wildman–Crippen MR) is 62.7 cm³/mol. The lowest BCUT2D eigenvalue weighted by atomic mass is 10.1. The Kier molecular flexibility index (Phi) is 3.40. The molecular weight excluding hydrogens is 272 g/mol. The summed E-state index contributed by atoms with van der Waals surface area (Å²) in [6, 6.07) is 8.02. The van der Waals surface area contributed by atoms with Crippen LogP contribution in [0.3, 0.4) is 0 Å². The van der Waals surface area contributed by atoms with Gasteiger partial charge in [-0.15, -0.1) is 0 Å². The van der Waals surface area contributed by atoms with E-state index in [0.29, 0.717) is 0 Å². The quantitative estimate of drug-likeness (QED) is 0.459. The van der Waals surface area contributed by atoms with Crippen LogP contribution in [-0.2, 0) is 16.8 Å². The van der Waals surface area contributed by atoms with Crippen LogP contribution in [0.5, 0.6) is 0 Å². The third-order valence-corrected chi connectivity index (χ3v) is 3.00. The Balaban J connectivity index is 2.56. The number of hydrogen-bond acceptors (Lipinski definition) is 5. The van der Waals surface area contributed by atoms with E-state index in [1.54, 1.807) is 25.1 Å². The Hall–Kier alpha value is -2.13. The maximum absolute atomic E-state index is 12.1. The maximum atomic E-state index is 12.1. The first-order valence-electron chi connectivity index (χ1n) is 5.38. The van der Waals surface area contributed by atoms with Crippen molar-refractivity contribution in [3.05, 3.63) is 41.7 Å². The highest BCUT2D eigenvalue weighted by Gasteiger charge is 2.33. The molecule has 0 atom stereocenters. The Morgan fingerprint density at radius 3 is 2.53 bits per heavy atom. The van der Waals surface area contributed by atoms with Crippen molar-refractivity contribution >= 4 is 16.1 Å². The summed E-state index contributed by atoms with van der Waals surface area (Å²) in [5.74, 6) is -1.10. The Bertz CT molecular complexity index is 708. The van der Waals surface area contributed by atoms with Crippen molar-refractivity contribution in [1.29, 1.82) is 0 Å². The van der Waals surface area contributed by atoms with Crippen molar-refractivity contribution in [3.63, 3.8) is 0 Å². The zero-order valence-electron chi connectivity index (χ0n) is 9.96. The Morgan fingerprint density at radius 1 is 1.37 bits per heavy atom. The van der Waals surface area contributed by atoms with Crippen molar-refractivity contribution in [2.24, 2.45) is 0 Å². The average Bonchev–Trinajstić information content (AvgIpc) is 2.83. The molecule has 1 aromatic carbocycles. The SMILES string of the molecule is CCn1nc(C(=O)c2ccccc2)[n+](S(=O)(=O)O)n1. The molecule has 1 N–H and O–H groups in total. The topological polar surface area (TPSA) is 106 Å². The van der Waals surface area contributed by atoms with Gasteiger partial charge in [0.1, 0.15) is 6.54 Å². The minimum atomic E-state index is -4.67. The number of carbonyl (C=O) groups is 1. The molecular formula is C10H11N4O4S+. The van der Waals surface area contributed by atoms with Gasteiger partial charge in [-0.2, -0.15) is 8.42 Å². The Labute approximate surface area is 109 Å². The van der Waals surface area contributed by atoms with E-state index in [2.05, 4.69) is 10.3 Å². The van der Waals surface area contributed by atoms with E-state index in [4.69, 9.17) is 4.55 Å². The molecule has 0 aliphatic heterocycles.